The van der Waals surface area contributed by atoms with Crippen molar-refractivity contribution in [3.63, 3.8) is 0 Å². The molecule has 21 heavy (non-hydrogen) atoms. The van der Waals surface area contributed by atoms with Crippen LogP contribution in [0.15, 0.2) is 17.0 Å². The van der Waals surface area contributed by atoms with Gasteiger partial charge in [0.2, 0.25) is 10.0 Å². The largest absolute Gasteiger partial charge is 0.313 e. The Hall–Kier alpha value is -0.690. The summed E-state index contributed by atoms with van der Waals surface area (Å²) in [6.45, 7) is 4.75. The smallest absolute Gasteiger partial charge is 0.240 e. The van der Waals surface area contributed by atoms with Crippen LogP contribution in [-0.4, -0.2) is 21.0 Å². The Kier molecular flexibility index (Phi) is 5.24. The van der Waals surface area contributed by atoms with E-state index < -0.39 is 15.8 Å². The van der Waals surface area contributed by atoms with Gasteiger partial charge in [0.25, 0.3) is 0 Å². The summed E-state index contributed by atoms with van der Waals surface area (Å²) in [4.78, 5) is -0.0789. The minimum Gasteiger partial charge on any atom is -0.313 e. The second-order valence-electron chi connectivity index (χ2n) is 5.41. The van der Waals surface area contributed by atoms with Gasteiger partial charge >= 0.3 is 0 Å². The molecule has 1 aliphatic rings. The monoisotopic (exact) mass is 334 g/mol. The van der Waals surface area contributed by atoms with Crippen molar-refractivity contribution in [1.29, 1.82) is 0 Å². The lowest BCUT2D eigenvalue weighted by atomic mass is 10.2. The van der Waals surface area contributed by atoms with Crippen LogP contribution in [0.1, 0.15) is 32.3 Å². The molecule has 0 spiro atoms. The zero-order valence-electron chi connectivity index (χ0n) is 12.1. The van der Waals surface area contributed by atoms with E-state index in [4.69, 9.17) is 11.6 Å². The molecule has 1 aromatic rings. The lowest BCUT2D eigenvalue weighted by Crippen LogP contribution is -2.34. The maximum atomic E-state index is 13.9. The molecule has 0 amide bonds. The van der Waals surface area contributed by atoms with Crippen molar-refractivity contribution in [3.8, 4) is 0 Å². The molecule has 0 bridgehead atoms. The fourth-order valence-electron chi connectivity index (χ4n) is 2.17. The van der Waals surface area contributed by atoms with E-state index in [0.717, 1.165) is 18.9 Å². The molecule has 2 N–H and O–H groups in total. The Morgan fingerprint density at radius 2 is 2.10 bits per heavy atom. The average molecular weight is 335 g/mol. The molecule has 1 atom stereocenters. The molecule has 1 unspecified atom stereocenters. The van der Waals surface area contributed by atoms with E-state index in [-0.39, 0.29) is 16.0 Å². The van der Waals surface area contributed by atoms with Crippen LogP contribution in [0.3, 0.4) is 0 Å². The lowest BCUT2D eigenvalue weighted by Gasteiger charge is -2.15. The molecule has 1 fully saturated rings. The molecule has 7 heteroatoms. The topological polar surface area (TPSA) is 58.2 Å². The Balaban J connectivity index is 2.27. The average Bonchev–Trinajstić information content (AvgIpc) is 3.24. The number of sulfonamides is 1. The molecule has 0 radical (unpaired) electrons. The van der Waals surface area contributed by atoms with Gasteiger partial charge in [0.15, 0.2) is 0 Å². The van der Waals surface area contributed by atoms with E-state index in [1.165, 1.54) is 6.07 Å². The first kappa shape index (κ1) is 16.7. The number of rotatable bonds is 7. The van der Waals surface area contributed by atoms with E-state index in [1.807, 2.05) is 13.8 Å². The van der Waals surface area contributed by atoms with Gasteiger partial charge in [-0.1, -0.05) is 18.5 Å². The normalized spacial score (nSPS) is 17.0. The van der Waals surface area contributed by atoms with Crippen LogP contribution in [0.5, 0.6) is 0 Å². The van der Waals surface area contributed by atoms with Crippen LogP contribution in [0, 0.1) is 11.7 Å². The quantitative estimate of drug-likeness (QED) is 0.806. The summed E-state index contributed by atoms with van der Waals surface area (Å²) in [5.41, 5.74) is 0.443. The second-order valence-corrected chi connectivity index (χ2v) is 7.50. The third-order valence-electron chi connectivity index (χ3n) is 3.62. The van der Waals surface area contributed by atoms with Crippen molar-refractivity contribution >= 4 is 21.6 Å². The molecular formula is C14H20ClFN2O2S. The van der Waals surface area contributed by atoms with Gasteiger partial charge in [-0.15, -0.1) is 0 Å². The van der Waals surface area contributed by atoms with Crippen LogP contribution in [0.2, 0.25) is 5.02 Å². The van der Waals surface area contributed by atoms with E-state index in [1.54, 1.807) is 0 Å². The minimum absolute atomic E-state index is 0.0369. The van der Waals surface area contributed by atoms with E-state index in [2.05, 4.69) is 10.0 Å². The van der Waals surface area contributed by atoms with Crippen LogP contribution < -0.4 is 10.0 Å². The van der Waals surface area contributed by atoms with Crippen molar-refractivity contribution in [2.75, 3.05) is 6.54 Å². The van der Waals surface area contributed by atoms with Gasteiger partial charge in [-0.25, -0.2) is 17.5 Å². The van der Waals surface area contributed by atoms with Gasteiger partial charge in [0.05, 0.1) is 9.92 Å². The second kappa shape index (κ2) is 6.60. The summed E-state index contributed by atoms with van der Waals surface area (Å²) in [6, 6.07) is 2.27. The molecule has 4 nitrogen and oxygen atoms in total. The maximum Gasteiger partial charge on any atom is 0.240 e. The molecule has 0 aliphatic heterocycles. The van der Waals surface area contributed by atoms with Crippen LogP contribution in [0.4, 0.5) is 4.39 Å². The molecule has 118 valence electrons. The van der Waals surface area contributed by atoms with Crippen molar-refractivity contribution in [2.24, 2.45) is 5.92 Å². The van der Waals surface area contributed by atoms with Crippen molar-refractivity contribution in [3.05, 3.63) is 28.5 Å². The van der Waals surface area contributed by atoms with Gasteiger partial charge in [-0.2, -0.15) is 0 Å². The highest BCUT2D eigenvalue weighted by molar-refractivity contribution is 7.89. The molecule has 0 aromatic heterocycles. The van der Waals surface area contributed by atoms with E-state index >= 15 is 0 Å². The lowest BCUT2D eigenvalue weighted by molar-refractivity contribution is 0.536. The highest BCUT2D eigenvalue weighted by atomic mass is 35.5. The number of benzene rings is 1. The summed E-state index contributed by atoms with van der Waals surface area (Å²) < 4.78 is 41.1. The molecule has 1 aliphatic carbocycles. The summed E-state index contributed by atoms with van der Waals surface area (Å²) >= 11 is 5.89. The summed E-state index contributed by atoms with van der Waals surface area (Å²) in [7, 11) is -3.73. The number of halogens is 2. The van der Waals surface area contributed by atoms with Gasteiger partial charge < -0.3 is 5.32 Å². The maximum absolute atomic E-state index is 13.9. The summed E-state index contributed by atoms with van der Waals surface area (Å²) in [5, 5.41) is 2.98. The fourth-order valence-corrected chi connectivity index (χ4v) is 3.72. The fraction of sp³-hybridized carbons (Fsp3) is 0.571. The SMILES string of the molecule is CCNCc1cc(S(=O)(=O)NC(C)C2CC2)cc(F)c1Cl. The van der Waals surface area contributed by atoms with E-state index in [9.17, 15) is 12.8 Å². The van der Waals surface area contributed by atoms with E-state index in [0.29, 0.717) is 24.6 Å². The first-order valence-electron chi connectivity index (χ1n) is 7.06. The Labute approximate surface area is 130 Å². The summed E-state index contributed by atoms with van der Waals surface area (Å²) in [6.07, 6.45) is 2.06. The molecule has 1 saturated carbocycles. The van der Waals surface area contributed by atoms with Gasteiger partial charge in [0.1, 0.15) is 5.82 Å². The first-order valence-corrected chi connectivity index (χ1v) is 8.92. The molecule has 2 rings (SSSR count). The van der Waals surface area contributed by atoms with Gasteiger partial charge in [0, 0.05) is 12.6 Å². The minimum atomic E-state index is -3.73. The standard InChI is InChI=1S/C14H20ClFN2O2S/c1-3-17-8-11-6-12(7-13(16)14(11)15)21(19,20)18-9(2)10-4-5-10/h6-7,9-10,17-18H,3-5,8H2,1-2H3. The zero-order valence-corrected chi connectivity index (χ0v) is 13.7. The first-order chi connectivity index (χ1) is 9.85. The molecule has 1 aromatic carbocycles. The number of nitrogens with one attached hydrogen (secondary N) is 2. The van der Waals surface area contributed by atoms with Gasteiger partial charge in [-0.3, -0.25) is 0 Å². The van der Waals surface area contributed by atoms with Crippen LogP contribution in [0.25, 0.3) is 0 Å². The predicted octanol–water partition coefficient (Wildman–Crippen LogP) is 2.67. The highest BCUT2D eigenvalue weighted by Gasteiger charge is 2.31. The molecule has 0 saturated heterocycles. The predicted molar refractivity (Wildman–Crippen MR) is 81.3 cm³/mol. The third kappa shape index (κ3) is 4.16. The molecular weight excluding hydrogens is 315 g/mol. The zero-order chi connectivity index (χ0) is 15.6. The molecule has 0 heterocycles. The number of hydrogen-bond donors (Lipinski definition) is 2. The van der Waals surface area contributed by atoms with Crippen LogP contribution >= 0.6 is 11.6 Å². The summed E-state index contributed by atoms with van der Waals surface area (Å²) in [5.74, 6) is -0.329. The Morgan fingerprint density at radius 1 is 1.43 bits per heavy atom. The van der Waals surface area contributed by atoms with Crippen molar-refractivity contribution in [2.45, 2.75) is 44.2 Å². The van der Waals surface area contributed by atoms with Crippen molar-refractivity contribution in [1.82, 2.24) is 10.0 Å². The number of hydrogen-bond acceptors (Lipinski definition) is 3. The Bertz CT molecular complexity index is 618. The van der Waals surface area contributed by atoms with Gasteiger partial charge in [-0.05, 0) is 49.9 Å². The van der Waals surface area contributed by atoms with Crippen molar-refractivity contribution < 1.29 is 12.8 Å². The van der Waals surface area contributed by atoms with Crippen LogP contribution in [-0.2, 0) is 16.6 Å². The third-order valence-corrected chi connectivity index (χ3v) is 5.58. The Morgan fingerprint density at radius 3 is 2.67 bits per heavy atom. The highest BCUT2D eigenvalue weighted by Crippen LogP contribution is 2.33.